The van der Waals surface area contributed by atoms with E-state index in [0.29, 0.717) is 33.0 Å². The van der Waals surface area contributed by atoms with Crippen molar-refractivity contribution in [2.75, 3.05) is 39.6 Å². The lowest BCUT2D eigenvalue weighted by Gasteiger charge is -2.09. The number of unbranched alkanes of at least 4 members (excludes halogenated alkanes) is 12. The average molecular weight is 437 g/mol. The van der Waals surface area contributed by atoms with Gasteiger partial charge in [-0.1, -0.05) is 96.1 Å². The van der Waals surface area contributed by atoms with Crippen LogP contribution in [-0.2, 0) is 15.9 Å². The van der Waals surface area contributed by atoms with E-state index in [9.17, 15) is 0 Å². The molecule has 0 unspecified atom stereocenters. The number of ether oxygens (including phenoxy) is 3. The Morgan fingerprint density at radius 2 is 1.19 bits per heavy atom. The van der Waals surface area contributed by atoms with Gasteiger partial charge in [-0.15, -0.1) is 0 Å². The normalized spacial score (nSPS) is 11.2. The van der Waals surface area contributed by atoms with Crippen molar-refractivity contribution in [3.8, 4) is 5.75 Å². The van der Waals surface area contributed by atoms with Crippen LogP contribution < -0.4 is 4.74 Å². The van der Waals surface area contributed by atoms with E-state index in [0.717, 1.165) is 12.2 Å². The van der Waals surface area contributed by atoms with E-state index in [2.05, 4.69) is 25.1 Å². The first-order valence-electron chi connectivity index (χ1n) is 12.8. The minimum absolute atomic E-state index is 0.0543. The van der Waals surface area contributed by atoms with Crippen molar-refractivity contribution in [1.29, 1.82) is 0 Å². The van der Waals surface area contributed by atoms with Crippen LogP contribution in [0.15, 0.2) is 24.3 Å². The second-order valence-corrected chi connectivity index (χ2v) is 8.44. The predicted octanol–water partition coefficient (Wildman–Crippen LogP) is 6.72. The maximum absolute atomic E-state index is 8.62. The number of hydrogen-bond acceptors (Lipinski definition) is 4. The van der Waals surface area contributed by atoms with Gasteiger partial charge in [-0.05, 0) is 30.5 Å². The number of benzene rings is 1. The molecule has 1 N–H and O–H groups in total. The first-order chi connectivity index (χ1) is 15.4. The van der Waals surface area contributed by atoms with Crippen molar-refractivity contribution >= 4 is 0 Å². The molecule has 0 aliphatic heterocycles. The molecule has 31 heavy (non-hydrogen) atoms. The van der Waals surface area contributed by atoms with Crippen molar-refractivity contribution < 1.29 is 19.3 Å². The van der Waals surface area contributed by atoms with Gasteiger partial charge in [-0.3, -0.25) is 0 Å². The first-order valence-corrected chi connectivity index (χ1v) is 12.8. The minimum Gasteiger partial charge on any atom is -0.491 e. The Balaban J connectivity index is 1.93. The van der Waals surface area contributed by atoms with Gasteiger partial charge in [0.25, 0.3) is 0 Å². The van der Waals surface area contributed by atoms with Gasteiger partial charge >= 0.3 is 0 Å². The van der Waals surface area contributed by atoms with Crippen LogP contribution in [0, 0.1) is 0 Å². The second kappa shape index (κ2) is 22.1. The number of hydrogen-bond donors (Lipinski definition) is 1. The van der Waals surface area contributed by atoms with Gasteiger partial charge in [-0.25, -0.2) is 0 Å². The van der Waals surface area contributed by atoms with Crippen LogP contribution in [-0.4, -0.2) is 44.7 Å². The summed E-state index contributed by atoms with van der Waals surface area (Å²) in [5.41, 5.74) is 1.36. The van der Waals surface area contributed by atoms with Gasteiger partial charge in [0, 0.05) is 0 Å². The highest BCUT2D eigenvalue weighted by molar-refractivity contribution is 5.28. The lowest BCUT2D eigenvalue weighted by atomic mass is 10.0. The summed E-state index contributed by atoms with van der Waals surface area (Å²) in [6.45, 7) is 4.84. The summed E-state index contributed by atoms with van der Waals surface area (Å²) in [6.07, 6.45) is 19.3. The fourth-order valence-electron chi connectivity index (χ4n) is 3.74. The van der Waals surface area contributed by atoms with Crippen molar-refractivity contribution in [1.82, 2.24) is 0 Å². The smallest absolute Gasteiger partial charge is 0.119 e. The van der Waals surface area contributed by atoms with Crippen LogP contribution in [0.5, 0.6) is 5.75 Å². The van der Waals surface area contributed by atoms with Crippen LogP contribution in [0.2, 0.25) is 0 Å². The van der Waals surface area contributed by atoms with Crippen molar-refractivity contribution in [2.24, 2.45) is 0 Å². The number of aliphatic hydroxyl groups excluding tert-OH is 1. The van der Waals surface area contributed by atoms with Gasteiger partial charge in [0.05, 0.1) is 33.0 Å². The van der Waals surface area contributed by atoms with Crippen LogP contribution in [0.4, 0.5) is 0 Å². The third kappa shape index (κ3) is 18.2. The molecule has 0 radical (unpaired) electrons. The quantitative estimate of drug-likeness (QED) is 0.193. The average Bonchev–Trinajstić information content (AvgIpc) is 2.79. The highest BCUT2D eigenvalue weighted by atomic mass is 16.5. The summed E-state index contributed by atoms with van der Waals surface area (Å²) in [4.78, 5) is 0. The zero-order valence-corrected chi connectivity index (χ0v) is 20.1. The second-order valence-electron chi connectivity index (χ2n) is 8.44. The van der Waals surface area contributed by atoms with Crippen LogP contribution in [0.1, 0.15) is 96.0 Å². The molecule has 0 heterocycles. The predicted molar refractivity (Wildman–Crippen MR) is 130 cm³/mol. The van der Waals surface area contributed by atoms with E-state index >= 15 is 0 Å². The summed E-state index contributed by atoms with van der Waals surface area (Å²) < 4.78 is 16.4. The Morgan fingerprint density at radius 1 is 0.645 bits per heavy atom. The lowest BCUT2D eigenvalue weighted by Crippen LogP contribution is -2.12. The van der Waals surface area contributed by atoms with Gasteiger partial charge in [0.1, 0.15) is 12.4 Å². The molecular formula is C27H48O4. The molecule has 180 valence electrons. The number of rotatable bonds is 23. The maximum Gasteiger partial charge on any atom is 0.119 e. The molecule has 1 aromatic rings. The molecule has 0 saturated heterocycles. The molecule has 1 rings (SSSR count). The van der Waals surface area contributed by atoms with Crippen LogP contribution >= 0.6 is 0 Å². The van der Waals surface area contributed by atoms with Gasteiger partial charge in [0.2, 0.25) is 0 Å². The Morgan fingerprint density at radius 3 is 1.81 bits per heavy atom. The molecular weight excluding hydrogens is 388 g/mol. The topological polar surface area (TPSA) is 47.9 Å². The molecule has 0 spiro atoms. The first kappa shape index (κ1) is 27.9. The molecule has 1 aromatic carbocycles. The van der Waals surface area contributed by atoms with E-state index in [1.165, 1.54) is 89.0 Å². The third-order valence-corrected chi connectivity index (χ3v) is 5.57. The summed E-state index contributed by atoms with van der Waals surface area (Å²) in [5, 5.41) is 8.62. The number of aliphatic hydroxyl groups is 1. The van der Waals surface area contributed by atoms with E-state index in [1.54, 1.807) is 0 Å². The van der Waals surface area contributed by atoms with Crippen molar-refractivity contribution in [2.45, 2.75) is 96.8 Å². The summed E-state index contributed by atoms with van der Waals surface area (Å²) in [6, 6.07) is 8.45. The molecule has 0 bridgehead atoms. The van der Waals surface area contributed by atoms with Crippen molar-refractivity contribution in [3.05, 3.63) is 29.8 Å². The molecule has 0 saturated carbocycles. The summed E-state index contributed by atoms with van der Waals surface area (Å²) in [7, 11) is 0. The summed E-state index contributed by atoms with van der Waals surface area (Å²) >= 11 is 0. The van der Waals surface area contributed by atoms with Crippen molar-refractivity contribution in [3.63, 3.8) is 0 Å². The zero-order valence-electron chi connectivity index (χ0n) is 20.1. The fourth-order valence-corrected chi connectivity index (χ4v) is 3.74. The molecule has 4 heteroatoms. The van der Waals surface area contributed by atoms with Gasteiger partial charge < -0.3 is 19.3 Å². The molecule has 4 nitrogen and oxygen atoms in total. The molecule has 0 amide bonds. The Kier molecular flexibility index (Phi) is 19.9. The Hall–Kier alpha value is -1.10. The highest BCUT2D eigenvalue weighted by Crippen LogP contribution is 2.17. The van der Waals surface area contributed by atoms with Crippen LogP contribution in [0.3, 0.4) is 0 Å². The molecule has 0 aromatic heterocycles. The SMILES string of the molecule is CCCCCCCCCCCCCCCc1cccc(OCCOCCOCCO)c1. The van der Waals surface area contributed by atoms with E-state index in [1.807, 2.05) is 6.07 Å². The molecule has 0 fully saturated rings. The largest absolute Gasteiger partial charge is 0.491 e. The molecule has 0 aliphatic rings. The van der Waals surface area contributed by atoms with E-state index < -0.39 is 0 Å². The van der Waals surface area contributed by atoms with Gasteiger partial charge in [0.15, 0.2) is 0 Å². The Bertz CT molecular complexity index is 492. The molecule has 0 atom stereocenters. The fraction of sp³-hybridized carbons (Fsp3) is 0.778. The van der Waals surface area contributed by atoms with E-state index in [4.69, 9.17) is 19.3 Å². The third-order valence-electron chi connectivity index (χ3n) is 5.57. The van der Waals surface area contributed by atoms with Gasteiger partial charge in [-0.2, -0.15) is 0 Å². The summed E-state index contributed by atoms with van der Waals surface area (Å²) in [5.74, 6) is 0.923. The minimum atomic E-state index is 0.0543. The number of aryl methyl sites for hydroxylation is 1. The lowest BCUT2D eigenvalue weighted by molar-refractivity contribution is 0.0247. The molecule has 0 aliphatic carbocycles. The zero-order chi connectivity index (χ0) is 22.2. The maximum atomic E-state index is 8.62. The van der Waals surface area contributed by atoms with Crippen LogP contribution in [0.25, 0.3) is 0 Å². The Labute approximate surface area is 191 Å². The van der Waals surface area contributed by atoms with E-state index in [-0.39, 0.29) is 6.61 Å². The standard InChI is InChI=1S/C27H48O4/c1-2-3-4-5-6-7-8-9-10-11-12-13-14-16-26-17-15-18-27(25-26)31-24-23-30-22-21-29-20-19-28/h15,17-18,25,28H,2-14,16,19-24H2,1H3. The monoisotopic (exact) mass is 436 g/mol. The highest BCUT2D eigenvalue weighted by Gasteiger charge is 1.99.